The topological polar surface area (TPSA) is 75.2 Å². The average Bonchev–Trinajstić information content (AvgIpc) is 2.29. The highest BCUT2D eigenvalue weighted by atomic mass is 32.2. The molecular formula is C10H18N4O2S. The van der Waals surface area contributed by atoms with E-state index in [1.807, 2.05) is 13.8 Å². The van der Waals surface area contributed by atoms with Gasteiger partial charge in [0.2, 0.25) is 16.0 Å². The van der Waals surface area contributed by atoms with Gasteiger partial charge in [0, 0.05) is 19.6 Å². The Morgan fingerprint density at radius 3 is 2.24 bits per heavy atom. The third-order valence-electron chi connectivity index (χ3n) is 2.35. The fourth-order valence-electron chi connectivity index (χ4n) is 1.53. The molecule has 0 radical (unpaired) electrons. The smallest absolute Gasteiger partial charge is 0.246 e. The zero-order valence-electron chi connectivity index (χ0n) is 10.5. The molecule has 1 aromatic heterocycles. The second kappa shape index (κ2) is 5.42. The molecule has 6 nitrogen and oxygen atoms in total. The van der Waals surface area contributed by atoms with Crippen LogP contribution >= 0.6 is 0 Å². The van der Waals surface area contributed by atoms with Gasteiger partial charge in [0.1, 0.15) is 4.90 Å². The summed E-state index contributed by atoms with van der Waals surface area (Å²) in [5, 5.41) is 2.74. The Bertz CT molecular complexity index is 456. The van der Waals surface area contributed by atoms with E-state index in [-0.39, 0.29) is 10.9 Å². The minimum Gasteiger partial charge on any atom is -0.357 e. The summed E-state index contributed by atoms with van der Waals surface area (Å²) >= 11 is 0. The first-order valence-electron chi connectivity index (χ1n) is 5.45. The van der Waals surface area contributed by atoms with Crippen molar-refractivity contribution in [3.63, 3.8) is 0 Å². The van der Waals surface area contributed by atoms with Crippen LogP contribution in [0.5, 0.6) is 0 Å². The molecule has 0 aliphatic carbocycles. The molecule has 0 amide bonds. The number of hydrogen-bond donors (Lipinski definition) is 1. The molecule has 7 heteroatoms. The molecule has 0 saturated carbocycles. The summed E-state index contributed by atoms with van der Waals surface area (Å²) in [6.07, 6.45) is 2.64. The van der Waals surface area contributed by atoms with Crippen molar-refractivity contribution in [1.29, 1.82) is 0 Å². The Labute approximate surface area is 102 Å². The van der Waals surface area contributed by atoms with Crippen LogP contribution < -0.4 is 5.32 Å². The zero-order valence-corrected chi connectivity index (χ0v) is 11.3. The summed E-state index contributed by atoms with van der Waals surface area (Å²) in [6.45, 7) is 5.90. The first kappa shape index (κ1) is 13.9. The van der Waals surface area contributed by atoms with Crippen LogP contribution in [0.4, 0.5) is 5.95 Å². The lowest BCUT2D eigenvalue weighted by atomic mass is 10.4. The third-order valence-corrected chi connectivity index (χ3v) is 4.45. The lowest BCUT2D eigenvalue weighted by Gasteiger charge is -2.23. The van der Waals surface area contributed by atoms with Gasteiger partial charge in [-0.15, -0.1) is 0 Å². The van der Waals surface area contributed by atoms with Gasteiger partial charge in [-0.1, -0.05) is 6.92 Å². The second-order valence-corrected chi connectivity index (χ2v) is 5.69. The highest BCUT2D eigenvalue weighted by molar-refractivity contribution is 7.89. The SMILES string of the molecule is CCN(C(C)C)S(=O)(=O)c1cnc(NC)nc1. The van der Waals surface area contributed by atoms with Crippen LogP contribution in [0.15, 0.2) is 17.3 Å². The number of nitrogens with zero attached hydrogens (tertiary/aromatic N) is 3. The molecule has 96 valence electrons. The van der Waals surface area contributed by atoms with Crippen molar-refractivity contribution >= 4 is 16.0 Å². The van der Waals surface area contributed by atoms with Crippen molar-refractivity contribution in [3.8, 4) is 0 Å². The number of hydrogen-bond acceptors (Lipinski definition) is 5. The van der Waals surface area contributed by atoms with E-state index in [1.165, 1.54) is 16.7 Å². The molecule has 0 aliphatic heterocycles. The standard InChI is InChI=1S/C10H18N4O2S/c1-5-14(8(2)3)17(15,16)9-6-12-10(11-4)13-7-9/h6-8H,5H2,1-4H3,(H,11,12,13). The van der Waals surface area contributed by atoms with E-state index < -0.39 is 10.0 Å². The monoisotopic (exact) mass is 258 g/mol. The van der Waals surface area contributed by atoms with Gasteiger partial charge in [-0.05, 0) is 13.8 Å². The maximum Gasteiger partial charge on any atom is 0.246 e. The summed E-state index contributed by atoms with van der Waals surface area (Å²) in [6, 6.07) is -0.0889. The largest absolute Gasteiger partial charge is 0.357 e. The van der Waals surface area contributed by atoms with Crippen LogP contribution in [-0.4, -0.2) is 42.3 Å². The zero-order chi connectivity index (χ0) is 13.1. The van der Waals surface area contributed by atoms with Crippen molar-refractivity contribution < 1.29 is 8.42 Å². The molecule has 0 aliphatic rings. The molecule has 0 saturated heterocycles. The van der Waals surface area contributed by atoms with E-state index in [4.69, 9.17) is 0 Å². The second-order valence-electron chi connectivity index (χ2n) is 3.79. The normalized spacial score (nSPS) is 12.1. The first-order chi connectivity index (χ1) is 7.93. The van der Waals surface area contributed by atoms with Crippen molar-refractivity contribution in [2.45, 2.75) is 31.7 Å². The maximum atomic E-state index is 12.2. The van der Waals surface area contributed by atoms with Crippen LogP contribution in [0, 0.1) is 0 Å². The quantitative estimate of drug-likeness (QED) is 0.850. The Kier molecular flexibility index (Phi) is 4.41. The number of anilines is 1. The fourth-order valence-corrected chi connectivity index (χ4v) is 3.06. The molecular weight excluding hydrogens is 240 g/mol. The maximum absolute atomic E-state index is 12.2. The van der Waals surface area contributed by atoms with E-state index in [2.05, 4.69) is 15.3 Å². The summed E-state index contributed by atoms with van der Waals surface area (Å²) in [7, 11) is -1.82. The highest BCUT2D eigenvalue weighted by Gasteiger charge is 2.26. The third kappa shape index (κ3) is 2.92. The molecule has 0 atom stereocenters. The Balaban J connectivity index is 3.11. The van der Waals surface area contributed by atoms with E-state index >= 15 is 0 Å². The van der Waals surface area contributed by atoms with Crippen molar-refractivity contribution in [2.75, 3.05) is 18.9 Å². The lowest BCUT2D eigenvalue weighted by Crippen LogP contribution is -2.36. The van der Waals surface area contributed by atoms with E-state index in [0.717, 1.165) is 0 Å². The van der Waals surface area contributed by atoms with Gasteiger partial charge < -0.3 is 5.32 Å². The molecule has 0 bridgehead atoms. The van der Waals surface area contributed by atoms with Gasteiger partial charge in [-0.25, -0.2) is 18.4 Å². The van der Waals surface area contributed by atoms with Gasteiger partial charge in [0.05, 0.1) is 12.4 Å². The first-order valence-corrected chi connectivity index (χ1v) is 6.89. The number of nitrogens with one attached hydrogen (secondary N) is 1. The van der Waals surface area contributed by atoms with Crippen molar-refractivity contribution in [1.82, 2.24) is 14.3 Å². The van der Waals surface area contributed by atoms with Gasteiger partial charge in [0.25, 0.3) is 0 Å². The predicted molar refractivity (Wildman–Crippen MR) is 66.3 cm³/mol. The van der Waals surface area contributed by atoms with E-state index in [1.54, 1.807) is 14.0 Å². The minimum atomic E-state index is -3.49. The van der Waals surface area contributed by atoms with Crippen LogP contribution in [0.1, 0.15) is 20.8 Å². The minimum absolute atomic E-state index is 0.0889. The summed E-state index contributed by atoms with van der Waals surface area (Å²) < 4.78 is 25.9. The molecule has 1 N–H and O–H groups in total. The van der Waals surface area contributed by atoms with Crippen molar-refractivity contribution in [2.24, 2.45) is 0 Å². The van der Waals surface area contributed by atoms with Crippen molar-refractivity contribution in [3.05, 3.63) is 12.4 Å². The molecule has 17 heavy (non-hydrogen) atoms. The lowest BCUT2D eigenvalue weighted by molar-refractivity contribution is 0.369. The number of sulfonamides is 1. The summed E-state index contributed by atoms with van der Waals surface area (Å²) in [5.41, 5.74) is 0. The molecule has 0 aromatic carbocycles. The van der Waals surface area contributed by atoms with Gasteiger partial charge in [-0.3, -0.25) is 0 Å². The number of aromatic nitrogens is 2. The molecule has 0 spiro atoms. The average molecular weight is 258 g/mol. The fraction of sp³-hybridized carbons (Fsp3) is 0.600. The van der Waals surface area contributed by atoms with Crippen LogP contribution in [0.3, 0.4) is 0 Å². The molecule has 1 rings (SSSR count). The van der Waals surface area contributed by atoms with Gasteiger partial charge in [0.15, 0.2) is 0 Å². The summed E-state index contributed by atoms with van der Waals surface area (Å²) in [4.78, 5) is 7.94. The molecule has 1 heterocycles. The van der Waals surface area contributed by atoms with Crippen LogP contribution in [0.2, 0.25) is 0 Å². The van der Waals surface area contributed by atoms with E-state index in [0.29, 0.717) is 12.5 Å². The van der Waals surface area contributed by atoms with Gasteiger partial charge >= 0.3 is 0 Å². The van der Waals surface area contributed by atoms with Crippen LogP contribution in [0.25, 0.3) is 0 Å². The Morgan fingerprint density at radius 2 is 1.88 bits per heavy atom. The molecule has 1 aromatic rings. The Hall–Kier alpha value is -1.21. The van der Waals surface area contributed by atoms with Crippen LogP contribution in [-0.2, 0) is 10.0 Å². The highest BCUT2D eigenvalue weighted by Crippen LogP contribution is 2.16. The van der Waals surface area contributed by atoms with E-state index in [9.17, 15) is 8.42 Å². The summed E-state index contributed by atoms with van der Waals surface area (Å²) in [5.74, 6) is 0.400. The molecule has 0 fully saturated rings. The number of rotatable bonds is 5. The van der Waals surface area contributed by atoms with Gasteiger partial charge in [-0.2, -0.15) is 4.31 Å². The molecule has 0 unspecified atom stereocenters. The Morgan fingerprint density at radius 1 is 1.35 bits per heavy atom. The predicted octanol–water partition coefficient (Wildman–Crippen LogP) is 0.937.